The lowest BCUT2D eigenvalue weighted by Gasteiger charge is -2.16. The third-order valence-electron chi connectivity index (χ3n) is 2.88. The highest BCUT2D eigenvalue weighted by Crippen LogP contribution is 2.26. The van der Waals surface area contributed by atoms with Crippen molar-refractivity contribution in [3.63, 3.8) is 0 Å². The molecule has 3 heteroatoms. The van der Waals surface area contributed by atoms with Crippen LogP contribution in [0.15, 0.2) is 29.1 Å². The maximum absolute atomic E-state index is 11.8. The van der Waals surface area contributed by atoms with E-state index in [4.69, 9.17) is 0 Å². The van der Waals surface area contributed by atoms with Crippen LogP contribution < -0.4 is 5.56 Å². The zero-order valence-electron chi connectivity index (χ0n) is 8.25. The van der Waals surface area contributed by atoms with E-state index in [2.05, 4.69) is 11.1 Å². The van der Waals surface area contributed by atoms with Gasteiger partial charge in [-0.25, -0.2) is 0 Å². The van der Waals surface area contributed by atoms with Crippen molar-refractivity contribution in [1.82, 2.24) is 4.98 Å². The lowest BCUT2D eigenvalue weighted by Crippen LogP contribution is -2.18. The number of hydrogen-bond acceptors (Lipinski definition) is 2. The molecule has 1 aromatic heterocycles. The second kappa shape index (κ2) is 3.42. The lowest BCUT2D eigenvalue weighted by molar-refractivity contribution is 1.06. The van der Waals surface area contributed by atoms with Crippen LogP contribution in [-0.4, -0.2) is 10.7 Å². The molecule has 1 aromatic carbocycles. The van der Waals surface area contributed by atoms with Gasteiger partial charge in [0.15, 0.2) is 0 Å². The lowest BCUT2D eigenvalue weighted by atomic mass is 10.0. The van der Waals surface area contributed by atoms with Crippen molar-refractivity contribution in [2.24, 2.45) is 0 Å². The fraction of sp³-hybridized carbons (Fsp3) is 0.250. The van der Waals surface area contributed by atoms with Gasteiger partial charge >= 0.3 is 0 Å². The number of thioether (sulfide) groups is 1. The molecule has 0 bridgehead atoms. The predicted octanol–water partition coefficient (Wildman–Crippen LogP) is 2.32. The molecule has 0 unspecified atom stereocenters. The minimum Gasteiger partial charge on any atom is -0.322 e. The minimum atomic E-state index is 0.0934. The Morgan fingerprint density at radius 3 is 3.00 bits per heavy atom. The summed E-state index contributed by atoms with van der Waals surface area (Å²) in [6, 6.07) is 8.06. The molecule has 3 rings (SSSR count). The maximum atomic E-state index is 11.8. The zero-order valence-corrected chi connectivity index (χ0v) is 9.06. The summed E-state index contributed by atoms with van der Waals surface area (Å²) in [5, 5.41) is 1.22. The van der Waals surface area contributed by atoms with E-state index in [0.29, 0.717) is 0 Å². The minimum absolute atomic E-state index is 0.0934. The first kappa shape index (κ1) is 9.04. The fourth-order valence-electron chi connectivity index (χ4n) is 2.14. The highest BCUT2D eigenvalue weighted by Gasteiger charge is 2.15. The van der Waals surface area contributed by atoms with Crippen LogP contribution in [-0.2, 0) is 12.2 Å². The molecule has 0 saturated carbocycles. The van der Waals surface area contributed by atoms with Crippen LogP contribution in [0.25, 0.3) is 10.9 Å². The van der Waals surface area contributed by atoms with Gasteiger partial charge in [-0.1, -0.05) is 18.2 Å². The van der Waals surface area contributed by atoms with E-state index >= 15 is 0 Å². The fourth-order valence-corrected chi connectivity index (χ4v) is 3.14. The second-order valence-electron chi connectivity index (χ2n) is 3.76. The number of rotatable bonds is 0. The van der Waals surface area contributed by atoms with E-state index in [1.54, 1.807) is 0 Å². The van der Waals surface area contributed by atoms with Crippen molar-refractivity contribution in [2.45, 2.75) is 12.2 Å². The van der Waals surface area contributed by atoms with Gasteiger partial charge in [0.1, 0.15) is 0 Å². The number of hydrogen-bond donors (Lipinski definition) is 1. The van der Waals surface area contributed by atoms with Gasteiger partial charge < -0.3 is 4.98 Å². The van der Waals surface area contributed by atoms with E-state index in [0.717, 1.165) is 29.0 Å². The molecule has 1 N–H and O–H groups in total. The van der Waals surface area contributed by atoms with Crippen LogP contribution in [0.5, 0.6) is 0 Å². The summed E-state index contributed by atoms with van der Waals surface area (Å²) in [6.45, 7) is 0. The Morgan fingerprint density at radius 2 is 2.07 bits per heavy atom. The first-order chi connectivity index (χ1) is 7.36. The number of aryl methyl sites for hydroxylation is 1. The predicted molar refractivity (Wildman–Crippen MR) is 64.4 cm³/mol. The van der Waals surface area contributed by atoms with Crippen LogP contribution in [0.4, 0.5) is 0 Å². The van der Waals surface area contributed by atoms with Crippen LogP contribution in [0.3, 0.4) is 0 Å². The van der Waals surface area contributed by atoms with E-state index in [9.17, 15) is 4.79 Å². The number of para-hydroxylation sites is 1. The van der Waals surface area contributed by atoms with Gasteiger partial charge in [-0.05, 0) is 23.8 Å². The molecule has 0 atom stereocenters. The molecule has 0 fully saturated rings. The van der Waals surface area contributed by atoms with E-state index in [1.165, 1.54) is 10.9 Å². The summed E-state index contributed by atoms with van der Waals surface area (Å²) in [5.74, 6) is 1.98. The van der Waals surface area contributed by atoms with Crippen molar-refractivity contribution in [2.75, 3.05) is 5.75 Å². The molecule has 0 amide bonds. The Balaban J connectivity index is 2.44. The molecule has 0 aliphatic carbocycles. The number of H-pyrrole nitrogens is 1. The summed E-state index contributed by atoms with van der Waals surface area (Å²) in [7, 11) is 0. The number of nitrogens with one attached hydrogen (secondary N) is 1. The van der Waals surface area contributed by atoms with Crippen molar-refractivity contribution < 1.29 is 0 Å². The Morgan fingerprint density at radius 1 is 1.20 bits per heavy atom. The molecule has 0 radical (unpaired) electrons. The number of aromatic amines is 1. The van der Waals surface area contributed by atoms with E-state index in [-0.39, 0.29) is 5.56 Å². The standard InChI is InChI=1S/C12H11NOS/c14-12-10-7-15-6-5-8(10)9-3-1-2-4-11(9)13-12/h1-4H,5-7H2,(H,13,14). The molecule has 76 valence electrons. The van der Waals surface area contributed by atoms with Crippen molar-refractivity contribution in [3.05, 3.63) is 45.7 Å². The van der Waals surface area contributed by atoms with Crippen molar-refractivity contribution >= 4 is 22.7 Å². The number of fused-ring (bicyclic) bond motifs is 3. The first-order valence-electron chi connectivity index (χ1n) is 5.07. The molecule has 2 heterocycles. The average molecular weight is 217 g/mol. The largest absolute Gasteiger partial charge is 0.322 e. The average Bonchev–Trinajstić information content (AvgIpc) is 2.30. The third-order valence-corrected chi connectivity index (χ3v) is 3.87. The molecular weight excluding hydrogens is 206 g/mol. The number of benzene rings is 1. The summed E-state index contributed by atoms with van der Waals surface area (Å²) in [5.41, 5.74) is 3.29. The van der Waals surface area contributed by atoms with Crippen LogP contribution in [0.1, 0.15) is 11.1 Å². The van der Waals surface area contributed by atoms with Gasteiger partial charge in [-0.15, -0.1) is 0 Å². The van der Waals surface area contributed by atoms with Gasteiger partial charge in [0, 0.05) is 22.2 Å². The molecule has 1 aliphatic heterocycles. The van der Waals surface area contributed by atoms with Gasteiger partial charge in [0.2, 0.25) is 0 Å². The number of aromatic nitrogens is 1. The summed E-state index contributed by atoms with van der Waals surface area (Å²) < 4.78 is 0. The summed E-state index contributed by atoms with van der Waals surface area (Å²) >= 11 is 1.84. The van der Waals surface area contributed by atoms with Crippen molar-refractivity contribution in [3.8, 4) is 0 Å². The topological polar surface area (TPSA) is 32.9 Å². The second-order valence-corrected chi connectivity index (χ2v) is 4.86. The Bertz CT molecular complexity index is 573. The SMILES string of the molecule is O=c1[nH]c2ccccc2c2c1CSCC2. The zero-order chi connectivity index (χ0) is 10.3. The molecule has 1 aliphatic rings. The highest BCUT2D eigenvalue weighted by molar-refractivity contribution is 7.98. The highest BCUT2D eigenvalue weighted by atomic mass is 32.2. The number of pyridine rings is 1. The smallest absolute Gasteiger partial charge is 0.252 e. The van der Waals surface area contributed by atoms with Gasteiger partial charge in [-0.2, -0.15) is 11.8 Å². The maximum Gasteiger partial charge on any atom is 0.252 e. The molecule has 0 spiro atoms. The molecule has 0 saturated heterocycles. The van der Waals surface area contributed by atoms with Gasteiger partial charge in [-0.3, -0.25) is 4.79 Å². The molecule has 2 aromatic rings. The monoisotopic (exact) mass is 217 g/mol. The quantitative estimate of drug-likeness (QED) is 0.734. The Labute approximate surface area is 91.7 Å². The van der Waals surface area contributed by atoms with Crippen LogP contribution in [0.2, 0.25) is 0 Å². The normalized spacial score (nSPS) is 15.2. The summed E-state index contributed by atoms with van der Waals surface area (Å²) in [4.78, 5) is 14.8. The van der Waals surface area contributed by atoms with Crippen LogP contribution in [0, 0.1) is 0 Å². The van der Waals surface area contributed by atoms with Crippen molar-refractivity contribution in [1.29, 1.82) is 0 Å². The van der Waals surface area contributed by atoms with E-state index in [1.807, 2.05) is 30.0 Å². The molecule has 15 heavy (non-hydrogen) atoms. The molecular formula is C12H11NOS. The Kier molecular flexibility index (Phi) is 2.06. The van der Waals surface area contributed by atoms with Gasteiger partial charge in [0.05, 0.1) is 0 Å². The third kappa shape index (κ3) is 1.38. The van der Waals surface area contributed by atoms with E-state index < -0.39 is 0 Å². The van der Waals surface area contributed by atoms with Crippen LogP contribution >= 0.6 is 11.8 Å². The Hall–Kier alpha value is -1.22. The first-order valence-corrected chi connectivity index (χ1v) is 6.22. The summed E-state index contributed by atoms with van der Waals surface area (Å²) in [6.07, 6.45) is 1.02. The molecule has 2 nitrogen and oxygen atoms in total. The van der Waals surface area contributed by atoms with Gasteiger partial charge in [0.25, 0.3) is 5.56 Å².